The van der Waals surface area contributed by atoms with Crippen molar-refractivity contribution in [2.45, 2.75) is 32.0 Å². The summed E-state index contributed by atoms with van der Waals surface area (Å²) in [4.78, 5) is 0. The molecule has 2 unspecified atom stereocenters. The number of hydrogen-bond acceptors (Lipinski definition) is 6. The highest BCUT2D eigenvalue weighted by Gasteiger charge is 2.02. The Morgan fingerprint density at radius 2 is 1.44 bits per heavy atom. The van der Waals surface area contributed by atoms with Crippen molar-refractivity contribution in [1.82, 2.24) is 0 Å². The first kappa shape index (κ1) is 18.1. The molecule has 5 N–H and O–H groups in total. The van der Waals surface area contributed by atoms with Crippen LogP contribution in [0.2, 0.25) is 0 Å². The molecule has 0 aliphatic rings. The van der Waals surface area contributed by atoms with Crippen LogP contribution in [0, 0.1) is 0 Å². The minimum absolute atomic E-state index is 0.0708. The summed E-state index contributed by atoms with van der Waals surface area (Å²) in [5.74, 6) is 0. The van der Waals surface area contributed by atoms with Crippen molar-refractivity contribution in [3.63, 3.8) is 0 Å². The minimum Gasteiger partial charge on any atom is -0.396 e. The predicted molar refractivity (Wildman–Crippen MR) is 59.0 cm³/mol. The molecule has 16 heavy (non-hydrogen) atoms. The van der Waals surface area contributed by atoms with Gasteiger partial charge in [0.25, 0.3) is 0 Å². The van der Waals surface area contributed by atoms with Crippen LogP contribution < -0.4 is 0 Å². The lowest BCUT2D eigenvalue weighted by Crippen LogP contribution is -2.22. The van der Waals surface area contributed by atoms with E-state index >= 15 is 0 Å². The van der Waals surface area contributed by atoms with Gasteiger partial charge >= 0.3 is 0 Å². The highest BCUT2D eigenvalue weighted by atomic mass is 16.5. The molecule has 0 aromatic carbocycles. The molecule has 0 radical (unpaired) electrons. The summed E-state index contributed by atoms with van der Waals surface area (Å²) in [7, 11) is 0. The van der Waals surface area contributed by atoms with Crippen LogP contribution in [-0.2, 0) is 4.74 Å². The van der Waals surface area contributed by atoms with E-state index in [1.807, 2.05) is 0 Å². The zero-order valence-corrected chi connectivity index (χ0v) is 9.75. The van der Waals surface area contributed by atoms with Gasteiger partial charge in [-0.3, -0.25) is 0 Å². The topological polar surface area (TPSA) is 110 Å². The lowest BCUT2D eigenvalue weighted by atomic mass is 10.3. The molecular weight excluding hydrogens is 216 g/mol. The van der Waals surface area contributed by atoms with Gasteiger partial charge in [0.05, 0.1) is 25.9 Å². The predicted octanol–water partition coefficient (Wildman–Crippen LogP) is -1.51. The fourth-order valence-electron chi connectivity index (χ4n) is 0.651. The second-order valence-corrected chi connectivity index (χ2v) is 3.38. The summed E-state index contributed by atoms with van der Waals surface area (Å²) in [6.45, 7) is 1.94. The molecule has 100 valence electrons. The van der Waals surface area contributed by atoms with Crippen molar-refractivity contribution < 1.29 is 30.3 Å². The van der Waals surface area contributed by atoms with Gasteiger partial charge in [-0.05, 0) is 19.8 Å². The SMILES string of the molecule is CC(O)COCC(O)CO.OCCCCO. The molecule has 0 saturated carbocycles. The molecule has 0 aliphatic heterocycles. The number of ether oxygens (including phenoxy) is 1. The average molecular weight is 240 g/mol. The zero-order valence-electron chi connectivity index (χ0n) is 9.75. The molecule has 0 aromatic heterocycles. The summed E-state index contributed by atoms with van der Waals surface area (Å²) in [5, 5.41) is 41.9. The first-order valence-electron chi connectivity index (χ1n) is 5.34. The molecule has 0 aromatic rings. The highest BCUT2D eigenvalue weighted by molar-refractivity contribution is 4.50. The number of unbranched alkanes of at least 4 members (excludes halogenated alkanes) is 1. The molecule has 6 heteroatoms. The van der Waals surface area contributed by atoms with Crippen LogP contribution in [0.3, 0.4) is 0 Å². The van der Waals surface area contributed by atoms with Crippen molar-refractivity contribution >= 4 is 0 Å². The van der Waals surface area contributed by atoms with Crippen LogP contribution >= 0.6 is 0 Å². The van der Waals surface area contributed by atoms with Gasteiger partial charge in [-0.1, -0.05) is 0 Å². The maximum Gasteiger partial charge on any atom is 0.100 e. The minimum atomic E-state index is -0.834. The van der Waals surface area contributed by atoms with Crippen LogP contribution in [0.4, 0.5) is 0 Å². The van der Waals surface area contributed by atoms with Gasteiger partial charge in [-0.15, -0.1) is 0 Å². The summed E-state index contributed by atoms with van der Waals surface area (Å²) in [5.41, 5.74) is 0. The Labute approximate surface area is 96.1 Å². The van der Waals surface area contributed by atoms with Crippen molar-refractivity contribution in [3.05, 3.63) is 0 Å². The van der Waals surface area contributed by atoms with Gasteiger partial charge in [0.15, 0.2) is 0 Å². The quantitative estimate of drug-likeness (QED) is 0.330. The Morgan fingerprint density at radius 3 is 1.75 bits per heavy atom. The van der Waals surface area contributed by atoms with E-state index < -0.39 is 12.2 Å². The standard InChI is InChI=1S/C6H14O4.C4H10O2/c1-5(8)3-10-4-6(9)2-7;5-3-1-2-4-6/h5-9H,2-4H2,1H3;5-6H,1-4H2. The van der Waals surface area contributed by atoms with E-state index in [1.165, 1.54) is 0 Å². The second kappa shape index (κ2) is 14.8. The third-order valence-electron chi connectivity index (χ3n) is 1.45. The first-order chi connectivity index (χ1) is 7.58. The van der Waals surface area contributed by atoms with Crippen molar-refractivity contribution in [3.8, 4) is 0 Å². The Morgan fingerprint density at radius 1 is 0.938 bits per heavy atom. The highest BCUT2D eigenvalue weighted by Crippen LogP contribution is 1.86. The number of hydrogen-bond donors (Lipinski definition) is 5. The Hall–Kier alpha value is -0.240. The Kier molecular flexibility index (Phi) is 16.7. The van der Waals surface area contributed by atoms with Crippen LogP contribution in [-0.4, -0.2) is 70.8 Å². The van der Waals surface area contributed by atoms with E-state index in [2.05, 4.69) is 0 Å². The smallest absolute Gasteiger partial charge is 0.100 e. The molecule has 0 rings (SSSR count). The van der Waals surface area contributed by atoms with Crippen molar-refractivity contribution in [1.29, 1.82) is 0 Å². The summed E-state index contributed by atoms with van der Waals surface area (Å²) in [6.07, 6.45) is 0.0807. The Balaban J connectivity index is 0. The monoisotopic (exact) mass is 240 g/mol. The molecule has 0 heterocycles. The summed E-state index contributed by atoms with van der Waals surface area (Å²) < 4.78 is 4.79. The van der Waals surface area contributed by atoms with E-state index in [0.29, 0.717) is 0 Å². The average Bonchev–Trinajstić information content (AvgIpc) is 2.26. The third kappa shape index (κ3) is 19.4. The molecular formula is C10H24O6. The van der Waals surface area contributed by atoms with Gasteiger partial charge < -0.3 is 30.3 Å². The molecule has 0 amide bonds. The van der Waals surface area contributed by atoms with Crippen LogP contribution in [0.1, 0.15) is 19.8 Å². The van der Waals surface area contributed by atoms with Gasteiger partial charge in [0.1, 0.15) is 6.10 Å². The van der Waals surface area contributed by atoms with Crippen molar-refractivity contribution in [2.75, 3.05) is 33.0 Å². The van der Waals surface area contributed by atoms with E-state index in [4.69, 9.17) is 30.3 Å². The van der Waals surface area contributed by atoms with Crippen molar-refractivity contribution in [2.24, 2.45) is 0 Å². The largest absolute Gasteiger partial charge is 0.396 e. The molecule has 6 nitrogen and oxygen atoms in total. The van der Waals surface area contributed by atoms with Gasteiger partial charge in [-0.25, -0.2) is 0 Å². The van der Waals surface area contributed by atoms with Crippen LogP contribution in [0.5, 0.6) is 0 Å². The molecule has 0 saturated heterocycles. The third-order valence-corrected chi connectivity index (χ3v) is 1.45. The summed E-state index contributed by atoms with van der Waals surface area (Å²) >= 11 is 0. The van der Waals surface area contributed by atoms with E-state index in [0.717, 1.165) is 12.8 Å². The van der Waals surface area contributed by atoms with Gasteiger partial charge in [-0.2, -0.15) is 0 Å². The van der Waals surface area contributed by atoms with E-state index in [-0.39, 0.29) is 33.0 Å². The fourth-order valence-corrected chi connectivity index (χ4v) is 0.651. The van der Waals surface area contributed by atoms with E-state index in [1.54, 1.807) is 6.92 Å². The normalized spacial score (nSPS) is 13.9. The Bertz CT molecular complexity index is 116. The molecule has 0 fully saturated rings. The summed E-state index contributed by atoms with van der Waals surface area (Å²) in [6, 6.07) is 0. The maximum atomic E-state index is 8.71. The van der Waals surface area contributed by atoms with E-state index in [9.17, 15) is 0 Å². The lowest BCUT2D eigenvalue weighted by molar-refractivity contribution is -0.0201. The molecule has 0 aliphatic carbocycles. The molecule has 0 spiro atoms. The second-order valence-electron chi connectivity index (χ2n) is 3.38. The molecule has 0 bridgehead atoms. The number of rotatable bonds is 8. The van der Waals surface area contributed by atoms with Gasteiger partial charge in [0.2, 0.25) is 0 Å². The van der Waals surface area contributed by atoms with Crippen LogP contribution in [0.25, 0.3) is 0 Å². The fraction of sp³-hybridized carbons (Fsp3) is 1.00. The first-order valence-corrected chi connectivity index (χ1v) is 5.34. The lowest BCUT2D eigenvalue weighted by Gasteiger charge is -2.08. The number of aliphatic hydroxyl groups is 5. The van der Waals surface area contributed by atoms with Gasteiger partial charge in [0, 0.05) is 13.2 Å². The van der Waals surface area contributed by atoms with Crippen LogP contribution in [0.15, 0.2) is 0 Å². The zero-order chi connectivity index (χ0) is 12.8. The number of aliphatic hydroxyl groups excluding tert-OH is 5. The maximum absolute atomic E-state index is 8.71. The molecule has 2 atom stereocenters.